The maximum atomic E-state index is 5.71. The zero-order valence-electron chi connectivity index (χ0n) is 9.33. The zero-order chi connectivity index (χ0) is 11.5. The van der Waals surface area contributed by atoms with Gasteiger partial charge in [-0.05, 0) is 25.0 Å². The van der Waals surface area contributed by atoms with Gasteiger partial charge in [0.05, 0.1) is 5.88 Å². The predicted molar refractivity (Wildman–Crippen MR) is 68.2 cm³/mol. The lowest BCUT2D eigenvalue weighted by atomic mass is 10.0. The van der Waals surface area contributed by atoms with Crippen LogP contribution in [0.4, 0.5) is 0 Å². The predicted octanol–water partition coefficient (Wildman–Crippen LogP) is 3.48. The quantitative estimate of drug-likeness (QED) is 0.782. The van der Waals surface area contributed by atoms with Crippen LogP contribution in [0.1, 0.15) is 26.7 Å². The van der Waals surface area contributed by atoms with Crippen LogP contribution in [0.2, 0.25) is 0 Å². The number of alkyl halides is 1. The highest BCUT2D eigenvalue weighted by Gasteiger charge is 2.06. The van der Waals surface area contributed by atoms with Crippen molar-refractivity contribution in [3.8, 4) is 0 Å². The minimum absolute atomic E-state index is 0.449. The highest BCUT2D eigenvalue weighted by Crippen LogP contribution is 2.19. The van der Waals surface area contributed by atoms with E-state index in [2.05, 4.69) is 42.2 Å². The van der Waals surface area contributed by atoms with Gasteiger partial charge in [0.15, 0.2) is 0 Å². The fourth-order valence-corrected chi connectivity index (χ4v) is 2.50. The number of hydrogen-bond acceptors (Lipinski definition) is 3. The Morgan fingerprint density at radius 3 is 2.62 bits per heavy atom. The van der Waals surface area contributed by atoms with Crippen LogP contribution >= 0.6 is 22.9 Å². The summed E-state index contributed by atoms with van der Waals surface area (Å²) in [6.07, 6.45) is 0.849. The van der Waals surface area contributed by atoms with E-state index in [9.17, 15) is 0 Å². The Labute approximate surface area is 104 Å². The van der Waals surface area contributed by atoms with Gasteiger partial charge in [-0.2, -0.15) is 0 Å². The molecule has 0 bridgehead atoms. The summed E-state index contributed by atoms with van der Waals surface area (Å²) < 4.78 is 0. The van der Waals surface area contributed by atoms with E-state index < -0.39 is 0 Å². The third kappa shape index (κ3) is 2.60. The van der Waals surface area contributed by atoms with Crippen LogP contribution in [0, 0.1) is 13.8 Å². The minimum atomic E-state index is 0.449. The van der Waals surface area contributed by atoms with Gasteiger partial charge in [-0.1, -0.05) is 35.1 Å². The van der Waals surface area contributed by atoms with Crippen molar-refractivity contribution in [1.29, 1.82) is 0 Å². The first-order valence-electron chi connectivity index (χ1n) is 5.12. The van der Waals surface area contributed by atoms with Gasteiger partial charge >= 0.3 is 0 Å². The summed E-state index contributed by atoms with van der Waals surface area (Å²) in [6.45, 7) is 4.23. The number of aryl methyl sites for hydroxylation is 2. The van der Waals surface area contributed by atoms with E-state index in [0.29, 0.717) is 5.88 Å². The van der Waals surface area contributed by atoms with Crippen LogP contribution in [0.5, 0.6) is 0 Å². The third-order valence-electron chi connectivity index (χ3n) is 2.47. The summed E-state index contributed by atoms with van der Waals surface area (Å²) >= 11 is 7.30. The Balaban J connectivity index is 2.22. The van der Waals surface area contributed by atoms with E-state index in [4.69, 9.17) is 11.6 Å². The van der Waals surface area contributed by atoms with E-state index in [1.807, 2.05) is 0 Å². The molecule has 2 aromatic rings. The maximum Gasteiger partial charge on any atom is 0.132 e. The summed E-state index contributed by atoms with van der Waals surface area (Å²) in [7, 11) is 0. The summed E-state index contributed by atoms with van der Waals surface area (Å²) in [4.78, 5) is 0. The number of benzene rings is 1. The summed E-state index contributed by atoms with van der Waals surface area (Å²) in [6, 6.07) is 6.48. The first kappa shape index (κ1) is 11.6. The Bertz CT molecular complexity index is 494. The van der Waals surface area contributed by atoms with Gasteiger partial charge in [0.2, 0.25) is 0 Å². The molecular weight excluding hydrogens is 240 g/mol. The first-order chi connectivity index (χ1) is 7.69. The Hall–Kier alpha value is -0.930. The minimum Gasteiger partial charge on any atom is -0.143 e. The van der Waals surface area contributed by atoms with Crippen molar-refractivity contribution in [3.05, 3.63) is 44.9 Å². The normalized spacial score (nSPS) is 10.7. The molecule has 16 heavy (non-hydrogen) atoms. The highest BCUT2D eigenvalue weighted by atomic mass is 35.5. The van der Waals surface area contributed by atoms with Gasteiger partial charge in [-0.15, -0.1) is 21.8 Å². The van der Waals surface area contributed by atoms with Crippen LogP contribution in [0.25, 0.3) is 0 Å². The topological polar surface area (TPSA) is 25.8 Å². The molecule has 0 unspecified atom stereocenters. The first-order valence-corrected chi connectivity index (χ1v) is 6.47. The lowest BCUT2D eigenvalue weighted by Gasteiger charge is -2.04. The zero-order valence-corrected chi connectivity index (χ0v) is 10.9. The molecule has 84 valence electrons. The molecule has 0 saturated heterocycles. The van der Waals surface area contributed by atoms with E-state index in [1.165, 1.54) is 16.7 Å². The number of rotatable bonds is 3. The summed E-state index contributed by atoms with van der Waals surface area (Å²) in [5.74, 6) is 0.449. The molecule has 0 N–H and O–H groups in total. The fraction of sp³-hybridized carbons (Fsp3) is 0.333. The third-order valence-corrected chi connectivity index (χ3v) is 3.80. The van der Waals surface area contributed by atoms with Crippen molar-refractivity contribution in [2.45, 2.75) is 26.1 Å². The molecule has 2 nitrogen and oxygen atoms in total. The van der Waals surface area contributed by atoms with Crippen molar-refractivity contribution in [2.24, 2.45) is 0 Å². The molecule has 0 saturated carbocycles. The Morgan fingerprint density at radius 2 is 1.94 bits per heavy atom. The molecule has 0 fully saturated rings. The Kier molecular flexibility index (Phi) is 3.56. The molecule has 0 aliphatic heterocycles. The number of nitrogens with zero attached hydrogens (tertiary/aromatic N) is 2. The van der Waals surface area contributed by atoms with Crippen LogP contribution < -0.4 is 0 Å². The van der Waals surface area contributed by atoms with Gasteiger partial charge in [0, 0.05) is 6.42 Å². The van der Waals surface area contributed by atoms with Gasteiger partial charge in [-0.3, -0.25) is 0 Å². The molecule has 0 aliphatic rings. The molecule has 0 spiro atoms. The van der Waals surface area contributed by atoms with Gasteiger partial charge in [-0.25, -0.2) is 0 Å². The molecule has 1 aromatic heterocycles. The van der Waals surface area contributed by atoms with Gasteiger partial charge in [0.25, 0.3) is 0 Å². The molecule has 1 heterocycles. The second-order valence-electron chi connectivity index (χ2n) is 3.83. The van der Waals surface area contributed by atoms with Gasteiger partial charge < -0.3 is 0 Å². The van der Waals surface area contributed by atoms with E-state index >= 15 is 0 Å². The average molecular weight is 253 g/mol. The van der Waals surface area contributed by atoms with Crippen molar-refractivity contribution in [1.82, 2.24) is 10.2 Å². The smallest absolute Gasteiger partial charge is 0.132 e. The van der Waals surface area contributed by atoms with Crippen LogP contribution in [-0.4, -0.2) is 10.2 Å². The standard InChI is InChI=1S/C12H13ClN2S/c1-8-3-4-9(2)10(5-8)6-11-14-15-12(7-13)16-11/h3-5H,6-7H2,1-2H3. The summed E-state index contributed by atoms with van der Waals surface area (Å²) in [5.41, 5.74) is 3.90. The van der Waals surface area contributed by atoms with E-state index in [0.717, 1.165) is 16.4 Å². The molecule has 4 heteroatoms. The molecule has 2 rings (SSSR count). The van der Waals surface area contributed by atoms with Gasteiger partial charge in [0.1, 0.15) is 10.0 Å². The fourth-order valence-electron chi connectivity index (χ4n) is 1.57. The SMILES string of the molecule is Cc1ccc(C)c(Cc2nnc(CCl)s2)c1. The average Bonchev–Trinajstić information content (AvgIpc) is 2.71. The second-order valence-corrected chi connectivity index (χ2v) is 5.24. The lowest BCUT2D eigenvalue weighted by Crippen LogP contribution is -1.92. The highest BCUT2D eigenvalue weighted by molar-refractivity contribution is 7.11. The largest absolute Gasteiger partial charge is 0.143 e. The second kappa shape index (κ2) is 4.93. The van der Waals surface area contributed by atoms with Crippen LogP contribution in [0.15, 0.2) is 18.2 Å². The van der Waals surface area contributed by atoms with E-state index in [-0.39, 0.29) is 0 Å². The van der Waals surface area contributed by atoms with Crippen LogP contribution in [-0.2, 0) is 12.3 Å². The van der Waals surface area contributed by atoms with Crippen molar-refractivity contribution in [3.63, 3.8) is 0 Å². The number of aromatic nitrogens is 2. The molecular formula is C12H13ClN2S. The summed E-state index contributed by atoms with van der Waals surface area (Å²) in [5, 5.41) is 10.1. The molecule has 0 radical (unpaired) electrons. The molecule has 0 amide bonds. The van der Waals surface area contributed by atoms with Crippen molar-refractivity contribution < 1.29 is 0 Å². The van der Waals surface area contributed by atoms with Crippen molar-refractivity contribution >= 4 is 22.9 Å². The number of hydrogen-bond donors (Lipinski definition) is 0. The molecule has 1 aromatic carbocycles. The molecule has 0 atom stereocenters. The van der Waals surface area contributed by atoms with Crippen molar-refractivity contribution in [2.75, 3.05) is 0 Å². The molecule has 0 aliphatic carbocycles. The van der Waals surface area contributed by atoms with Crippen LogP contribution in [0.3, 0.4) is 0 Å². The Morgan fingerprint density at radius 1 is 1.19 bits per heavy atom. The lowest BCUT2D eigenvalue weighted by molar-refractivity contribution is 0.971. The monoisotopic (exact) mass is 252 g/mol. The maximum absolute atomic E-state index is 5.71. The number of halogens is 1. The van der Waals surface area contributed by atoms with E-state index in [1.54, 1.807) is 11.3 Å².